The van der Waals surface area contributed by atoms with E-state index in [9.17, 15) is 18.0 Å². The van der Waals surface area contributed by atoms with E-state index in [4.69, 9.17) is 9.47 Å². The Hall–Kier alpha value is -2.16. The van der Waals surface area contributed by atoms with Gasteiger partial charge in [0, 0.05) is 4.90 Å². The van der Waals surface area contributed by atoms with Crippen LogP contribution in [0.25, 0.3) is 5.69 Å². The monoisotopic (exact) mass is 332 g/mol. The molecule has 9 heteroatoms. The number of hydrogen-bond acceptors (Lipinski definition) is 5. The lowest BCUT2D eigenvalue weighted by Gasteiger charge is -2.11. The van der Waals surface area contributed by atoms with Crippen molar-refractivity contribution in [2.75, 3.05) is 14.2 Å². The van der Waals surface area contributed by atoms with Gasteiger partial charge in [-0.25, -0.2) is 0 Å². The van der Waals surface area contributed by atoms with E-state index in [0.717, 1.165) is 4.68 Å². The summed E-state index contributed by atoms with van der Waals surface area (Å²) >= 11 is -0.266. The minimum atomic E-state index is -4.41. The SMILES string of the molecule is COc1cnn(-c2cccc(SC(F)(F)F)c2)c(=O)c1OC. The number of methoxy groups -OCH3 is 2. The van der Waals surface area contributed by atoms with Crippen molar-refractivity contribution < 1.29 is 22.6 Å². The van der Waals surface area contributed by atoms with Gasteiger partial charge in [-0.2, -0.15) is 23.0 Å². The van der Waals surface area contributed by atoms with Crippen LogP contribution in [0.4, 0.5) is 13.2 Å². The number of rotatable bonds is 4. The molecule has 0 aliphatic carbocycles. The van der Waals surface area contributed by atoms with Gasteiger partial charge in [0.1, 0.15) is 0 Å². The van der Waals surface area contributed by atoms with Gasteiger partial charge >= 0.3 is 11.1 Å². The highest BCUT2D eigenvalue weighted by atomic mass is 32.2. The van der Waals surface area contributed by atoms with Crippen LogP contribution in [-0.4, -0.2) is 29.5 Å². The molecule has 1 aromatic carbocycles. The quantitative estimate of drug-likeness (QED) is 0.806. The summed E-state index contributed by atoms with van der Waals surface area (Å²) in [5.41, 5.74) is -4.84. The zero-order chi connectivity index (χ0) is 16.3. The largest absolute Gasteiger partial charge is 0.491 e. The van der Waals surface area contributed by atoms with Crippen molar-refractivity contribution >= 4 is 11.8 Å². The molecule has 0 fully saturated rings. The molecular weight excluding hydrogens is 321 g/mol. The maximum Gasteiger partial charge on any atom is 0.446 e. The number of alkyl halides is 3. The van der Waals surface area contributed by atoms with E-state index in [0.29, 0.717) is 0 Å². The van der Waals surface area contributed by atoms with E-state index in [1.807, 2.05) is 0 Å². The number of nitrogens with zero attached hydrogens (tertiary/aromatic N) is 2. The molecule has 0 amide bonds. The lowest BCUT2D eigenvalue weighted by molar-refractivity contribution is -0.0328. The Morgan fingerprint density at radius 3 is 2.55 bits per heavy atom. The number of halogens is 3. The third-order valence-electron chi connectivity index (χ3n) is 2.62. The van der Waals surface area contributed by atoms with Crippen LogP contribution in [0.5, 0.6) is 11.5 Å². The number of hydrogen-bond donors (Lipinski definition) is 0. The van der Waals surface area contributed by atoms with E-state index >= 15 is 0 Å². The topological polar surface area (TPSA) is 53.4 Å². The molecule has 22 heavy (non-hydrogen) atoms. The van der Waals surface area contributed by atoms with Crippen molar-refractivity contribution in [1.29, 1.82) is 0 Å². The Bertz CT molecular complexity index is 731. The Labute approximate surface area is 127 Å². The highest BCUT2D eigenvalue weighted by Crippen LogP contribution is 2.37. The normalized spacial score (nSPS) is 11.3. The molecule has 0 atom stereocenters. The van der Waals surface area contributed by atoms with Crippen molar-refractivity contribution in [1.82, 2.24) is 9.78 Å². The summed E-state index contributed by atoms with van der Waals surface area (Å²) in [4.78, 5) is 12.2. The lowest BCUT2D eigenvalue weighted by atomic mass is 10.3. The van der Waals surface area contributed by atoms with Crippen LogP contribution in [0.15, 0.2) is 40.2 Å². The molecule has 1 aromatic heterocycles. The van der Waals surface area contributed by atoms with Gasteiger partial charge in [0.15, 0.2) is 5.75 Å². The molecule has 0 aliphatic heterocycles. The molecule has 0 saturated carbocycles. The van der Waals surface area contributed by atoms with Crippen molar-refractivity contribution in [3.63, 3.8) is 0 Å². The second kappa shape index (κ2) is 6.30. The van der Waals surface area contributed by atoms with E-state index < -0.39 is 11.1 Å². The third kappa shape index (κ3) is 3.53. The van der Waals surface area contributed by atoms with E-state index in [1.54, 1.807) is 0 Å². The molecule has 0 unspecified atom stereocenters. The summed E-state index contributed by atoms with van der Waals surface area (Å²) < 4.78 is 48.1. The predicted octanol–water partition coefficient (Wildman–Crippen LogP) is 2.86. The number of ether oxygens (including phenoxy) is 2. The molecule has 0 aliphatic rings. The van der Waals surface area contributed by atoms with Gasteiger partial charge in [-0.05, 0) is 30.0 Å². The summed E-state index contributed by atoms with van der Waals surface area (Å²) in [6.07, 6.45) is 1.25. The summed E-state index contributed by atoms with van der Waals surface area (Å²) in [6, 6.07) is 5.40. The first-order valence-electron chi connectivity index (χ1n) is 5.92. The predicted molar refractivity (Wildman–Crippen MR) is 74.9 cm³/mol. The molecule has 1 heterocycles. The van der Waals surface area contributed by atoms with Gasteiger partial charge in [-0.15, -0.1) is 0 Å². The minimum absolute atomic E-state index is 0.0477. The molecule has 0 spiro atoms. The average molecular weight is 332 g/mol. The Balaban J connectivity index is 2.49. The Morgan fingerprint density at radius 1 is 1.23 bits per heavy atom. The fraction of sp³-hybridized carbons (Fsp3) is 0.231. The molecule has 118 valence electrons. The van der Waals surface area contributed by atoms with Crippen molar-refractivity contribution in [2.24, 2.45) is 0 Å². The molecule has 0 saturated heterocycles. The molecule has 0 bridgehead atoms. The van der Waals surface area contributed by atoms with Gasteiger partial charge in [0.25, 0.3) is 0 Å². The van der Waals surface area contributed by atoms with Gasteiger partial charge in [0.05, 0.1) is 26.1 Å². The fourth-order valence-electron chi connectivity index (χ4n) is 1.75. The highest BCUT2D eigenvalue weighted by Gasteiger charge is 2.29. The molecular formula is C13H11F3N2O3S. The summed E-state index contributed by atoms with van der Waals surface area (Å²) in [7, 11) is 2.64. The van der Waals surface area contributed by atoms with Crippen LogP contribution in [0, 0.1) is 0 Å². The Morgan fingerprint density at radius 2 is 1.95 bits per heavy atom. The standard InChI is InChI=1S/C13H11F3N2O3S/c1-20-10-7-17-18(12(19)11(10)21-2)8-4-3-5-9(6-8)22-13(14,15)16/h3-7H,1-2H3. The van der Waals surface area contributed by atoms with Gasteiger partial charge in [-0.1, -0.05) is 6.07 Å². The lowest BCUT2D eigenvalue weighted by Crippen LogP contribution is -2.22. The van der Waals surface area contributed by atoms with Crippen LogP contribution < -0.4 is 15.0 Å². The molecule has 2 rings (SSSR count). The van der Waals surface area contributed by atoms with Gasteiger partial charge in [0.2, 0.25) is 5.75 Å². The summed E-state index contributed by atoms with van der Waals surface area (Å²) in [6.45, 7) is 0. The molecule has 0 radical (unpaired) electrons. The van der Waals surface area contributed by atoms with E-state index in [-0.39, 0.29) is 33.8 Å². The van der Waals surface area contributed by atoms with Crippen LogP contribution in [0.1, 0.15) is 0 Å². The maximum absolute atomic E-state index is 12.4. The first-order chi connectivity index (χ1) is 10.4. The Kier molecular flexibility index (Phi) is 4.65. The number of benzene rings is 1. The van der Waals surface area contributed by atoms with Gasteiger partial charge in [-0.3, -0.25) is 4.79 Å². The molecule has 2 aromatic rings. The molecule has 0 N–H and O–H groups in total. The second-order valence-corrected chi connectivity index (χ2v) is 5.15. The smallest absolute Gasteiger partial charge is 0.446 e. The summed E-state index contributed by atoms with van der Waals surface area (Å²) in [5, 5.41) is 3.87. The first kappa shape index (κ1) is 16.2. The minimum Gasteiger partial charge on any atom is -0.491 e. The van der Waals surface area contributed by atoms with Crippen LogP contribution in [-0.2, 0) is 0 Å². The van der Waals surface area contributed by atoms with Crippen LogP contribution in [0.3, 0.4) is 0 Å². The fourth-order valence-corrected chi connectivity index (χ4v) is 2.35. The van der Waals surface area contributed by atoms with Gasteiger partial charge < -0.3 is 9.47 Å². The molecule has 5 nitrogen and oxygen atoms in total. The van der Waals surface area contributed by atoms with Crippen LogP contribution >= 0.6 is 11.8 Å². The van der Waals surface area contributed by atoms with Crippen LogP contribution in [0.2, 0.25) is 0 Å². The second-order valence-electron chi connectivity index (χ2n) is 4.01. The van der Waals surface area contributed by atoms with Crippen molar-refractivity contribution in [3.8, 4) is 17.2 Å². The number of thioether (sulfide) groups is 1. The third-order valence-corrected chi connectivity index (χ3v) is 3.34. The highest BCUT2D eigenvalue weighted by molar-refractivity contribution is 8.00. The zero-order valence-electron chi connectivity index (χ0n) is 11.5. The summed E-state index contributed by atoms with van der Waals surface area (Å²) in [5.74, 6) is 0.0657. The van der Waals surface area contributed by atoms with Crippen molar-refractivity contribution in [3.05, 3.63) is 40.8 Å². The van der Waals surface area contributed by atoms with E-state index in [2.05, 4.69) is 5.10 Å². The zero-order valence-corrected chi connectivity index (χ0v) is 12.4. The van der Waals surface area contributed by atoms with E-state index in [1.165, 1.54) is 44.7 Å². The van der Waals surface area contributed by atoms with Crippen molar-refractivity contribution in [2.45, 2.75) is 10.4 Å². The first-order valence-corrected chi connectivity index (χ1v) is 6.74. The maximum atomic E-state index is 12.4. The number of aromatic nitrogens is 2. The average Bonchev–Trinajstić information content (AvgIpc) is 2.45.